The average molecular weight is 249 g/mol. The Kier molecular flexibility index (Phi) is 3.39. The van der Waals surface area contributed by atoms with E-state index >= 15 is 0 Å². The molecular weight excluding hydrogens is 226 g/mol. The fraction of sp³-hybridized carbons (Fsp3) is 0.786. The third-order valence-electron chi connectivity index (χ3n) is 4.76. The van der Waals surface area contributed by atoms with Crippen molar-refractivity contribution >= 4 is 0 Å². The van der Waals surface area contributed by atoms with Crippen LogP contribution in [0.5, 0.6) is 0 Å². The highest BCUT2D eigenvalue weighted by Crippen LogP contribution is 2.35. The van der Waals surface area contributed by atoms with Crippen LogP contribution in [0.1, 0.15) is 38.3 Å². The summed E-state index contributed by atoms with van der Waals surface area (Å²) in [5, 5.41) is 7.25. The van der Waals surface area contributed by atoms with Crippen LogP contribution in [0.3, 0.4) is 0 Å². The van der Waals surface area contributed by atoms with Crippen LogP contribution >= 0.6 is 0 Å². The molecule has 0 radical (unpaired) electrons. The zero-order chi connectivity index (χ0) is 12.4. The largest absolute Gasteiger partial charge is 0.381 e. The second kappa shape index (κ2) is 5.02. The first-order valence-corrected chi connectivity index (χ1v) is 7.10. The quantitative estimate of drug-likeness (QED) is 0.871. The van der Waals surface area contributed by atoms with Crippen LogP contribution in [0.4, 0.5) is 0 Å². The van der Waals surface area contributed by atoms with Crippen LogP contribution in [-0.4, -0.2) is 47.4 Å². The van der Waals surface area contributed by atoms with Crippen LogP contribution in [0.15, 0.2) is 12.3 Å². The number of piperidine rings is 1. The first kappa shape index (κ1) is 12.2. The molecule has 2 aliphatic heterocycles. The summed E-state index contributed by atoms with van der Waals surface area (Å²) in [6.07, 6.45) is 6.74. The highest BCUT2D eigenvalue weighted by atomic mass is 16.5. The molecule has 4 heteroatoms. The Morgan fingerprint density at radius 3 is 2.67 bits per heavy atom. The van der Waals surface area contributed by atoms with Crippen LogP contribution in [0.2, 0.25) is 0 Å². The highest BCUT2D eigenvalue weighted by molar-refractivity contribution is 5.14. The van der Waals surface area contributed by atoms with Gasteiger partial charge in [0.05, 0.1) is 0 Å². The van der Waals surface area contributed by atoms with Gasteiger partial charge in [-0.3, -0.25) is 5.10 Å². The van der Waals surface area contributed by atoms with Crippen molar-refractivity contribution in [2.45, 2.75) is 44.1 Å². The molecule has 0 bridgehead atoms. The lowest BCUT2D eigenvalue weighted by Gasteiger charge is -2.43. The van der Waals surface area contributed by atoms with E-state index in [4.69, 9.17) is 4.74 Å². The standard InChI is InChI=1S/C14H23N3O/c1-14(13-2-7-15-16-13)5-8-17(9-6-14)12-3-10-18-11-4-12/h2,7,12H,3-6,8-11H2,1H3,(H,15,16). The summed E-state index contributed by atoms with van der Waals surface area (Å²) in [7, 11) is 0. The SMILES string of the molecule is CC1(c2ccn[nH]2)CCN(C2CCOCC2)CC1. The van der Waals surface area contributed by atoms with Gasteiger partial charge < -0.3 is 9.64 Å². The number of aromatic nitrogens is 2. The maximum Gasteiger partial charge on any atom is 0.0490 e. The van der Waals surface area contributed by atoms with E-state index in [1.807, 2.05) is 6.20 Å². The molecule has 100 valence electrons. The second-order valence-corrected chi connectivity index (χ2v) is 5.91. The van der Waals surface area contributed by atoms with Gasteiger partial charge in [0, 0.05) is 36.6 Å². The number of ether oxygens (including phenoxy) is 1. The molecule has 0 unspecified atom stereocenters. The summed E-state index contributed by atoms with van der Waals surface area (Å²) >= 11 is 0. The molecule has 2 aliphatic rings. The molecule has 3 heterocycles. The Labute approximate surface area is 109 Å². The van der Waals surface area contributed by atoms with Crippen molar-refractivity contribution in [2.75, 3.05) is 26.3 Å². The van der Waals surface area contributed by atoms with Crippen molar-refractivity contribution in [3.8, 4) is 0 Å². The zero-order valence-corrected chi connectivity index (χ0v) is 11.2. The summed E-state index contributed by atoms with van der Waals surface area (Å²) in [5.74, 6) is 0. The van der Waals surface area contributed by atoms with E-state index in [2.05, 4.69) is 28.1 Å². The van der Waals surface area contributed by atoms with E-state index < -0.39 is 0 Å². The van der Waals surface area contributed by atoms with Crippen molar-refractivity contribution < 1.29 is 4.74 Å². The van der Waals surface area contributed by atoms with Crippen LogP contribution in [-0.2, 0) is 10.2 Å². The summed E-state index contributed by atoms with van der Waals surface area (Å²) < 4.78 is 5.45. The second-order valence-electron chi connectivity index (χ2n) is 5.91. The normalized spacial score (nSPS) is 26.3. The van der Waals surface area contributed by atoms with Crippen molar-refractivity contribution in [3.05, 3.63) is 18.0 Å². The minimum Gasteiger partial charge on any atom is -0.381 e. The van der Waals surface area contributed by atoms with Gasteiger partial charge in [-0.2, -0.15) is 5.10 Å². The molecule has 1 aromatic rings. The van der Waals surface area contributed by atoms with E-state index in [0.29, 0.717) is 0 Å². The van der Waals surface area contributed by atoms with E-state index in [1.54, 1.807) is 0 Å². The maximum absolute atomic E-state index is 5.45. The van der Waals surface area contributed by atoms with E-state index in [1.165, 1.54) is 44.5 Å². The molecule has 0 atom stereocenters. The molecule has 1 N–H and O–H groups in total. The summed E-state index contributed by atoms with van der Waals surface area (Å²) in [5.41, 5.74) is 1.59. The lowest BCUT2D eigenvalue weighted by atomic mass is 9.77. The first-order chi connectivity index (χ1) is 8.78. The van der Waals surface area contributed by atoms with Gasteiger partial charge >= 0.3 is 0 Å². The smallest absolute Gasteiger partial charge is 0.0490 e. The molecule has 4 nitrogen and oxygen atoms in total. The Morgan fingerprint density at radius 2 is 2.06 bits per heavy atom. The Morgan fingerprint density at radius 1 is 1.33 bits per heavy atom. The van der Waals surface area contributed by atoms with Crippen molar-refractivity contribution in [1.82, 2.24) is 15.1 Å². The van der Waals surface area contributed by atoms with Gasteiger partial charge in [-0.15, -0.1) is 0 Å². The fourth-order valence-corrected chi connectivity index (χ4v) is 3.29. The van der Waals surface area contributed by atoms with Crippen LogP contribution in [0, 0.1) is 0 Å². The summed E-state index contributed by atoms with van der Waals surface area (Å²) in [4.78, 5) is 2.67. The molecule has 1 aromatic heterocycles. The average Bonchev–Trinajstić information content (AvgIpc) is 2.95. The molecular formula is C14H23N3O. The minimum absolute atomic E-state index is 0.290. The first-order valence-electron chi connectivity index (χ1n) is 7.10. The fourth-order valence-electron chi connectivity index (χ4n) is 3.29. The van der Waals surface area contributed by atoms with Crippen LogP contribution < -0.4 is 0 Å². The number of likely N-dealkylation sites (tertiary alicyclic amines) is 1. The number of hydrogen-bond acceptors (Lipinski definition) is 3. The van der Waals surface area contributed by atoms with Gasteiger partial charge in [0.25, 0.3) is 0 Å². The molecule has 0 aliphatic carbocycles. The topological polar surface area (TPSA) is 41.2 Å². The molecule has 0 aromatic carbocycles. The van der Waals surface area contributed by atoms with Crippen molar-refractivity contribution in [1.29, 1.82) is 0 Å². The molecule has 2 fully saturated rings. The number of aromatic amines is 1. The highest BCUT2D eigenvalue weighted by Gasteiger charge is 2.35. The van der Waals surface area contributed by atoms with E-state index in [0.717, 1.165) is 19.3 Å². The Balaban J connectivity index is 1.60. The van der Waals surface area contributed by atoms with Gasteiger partial charge in [-0.25, -0.2) is 0 Å². The summed E-state index contributed by atoms with van der Waals surface area (Å²) in [6, 6.07) is 2.88. The predicted molar refractivity (Wildman–Crippen MR) is 70.6 cm³/mol. The Bertz CT molecular complexity index is 362. The molecule has 2 saturated heterocycles. The van der Waals surface area contributed by atoms with Gasteiger partial charge in [0.1, 0.15) is 0 Å². The van der Waals surface area contributed by atoms with E-state index in [-0.39, 0.29) is 5.41 Å². The lowest BCUT2D eigenvalue weighted by molar-refractivity contribution is 0.0183. The van der Waals surface area contributed by atoms with Gasteiger partial charge in [0.2, 0.25) is 0 Å². The Hall–Kier alpha value is -0.870. The minimum atomic E-state index is 0.290. The number of H-pyrrole nitrogens is 1. The van der Waals surface area contributed by atoms with Gasteiger partial charge in [-0.1, -0.05) is 6.92 Å². The molecule has 0 saturated carbocycles. The van der Waals surface area contributed by atoms with Crippen molar-refractivity contribution in [3.63, 3.8) is 0 Å². The van der Waals surface area contributed by atoms with Gasteiger partial charge in [-0.05, 0) is 44.8 Å². The monoisotopic (exact) mass is 249 g/mol. The van der Waals surface area contributed by atoms with E-state index in [9.17, 15) is 0 Å². The number of nitrogens with one attached hydrogen (secondary N) is 1. The zero-order valence-electron chi connectivity index (χ0n) is 11.2. The molecule has 0 spiro atoms. The predicted octanol–water partition coefficient (Wildman–Crippen LogP) is 1.94. The third-order valence-corrected chi connectivity index (χ3v) is 4.76. The van der Waals surface area contributed by atoms with Gasteiger partial charge in [0.15, 0.2) is 0 Å². The molecule has 18 heavy (non-hydrogen) atoms. The summed E-state index contributed by atoms with van der Waals surface area (Å²) in [6.45, 7) is 6.67. The molecule has 3 rings (SSSR count). The number of hydrogen-bond donors (Lipinski definition) is 1. The number of rotatable bonds is 2. The lowest BCUT2D eigenvalue weighted by Crippen LogP contribution is -2.47. The van der Waals surface area contributed by atoms with Crippen LogP contribution in [0.25, 0.3) is 0 Å². The molecule has 0 amide bonds. The number of nitrogens with zero attached hydrogens (tertiary/aromatic N) is 2. The third kappa shape index (κ3) is 2.31. The van der Waals surface area contributed by atoms with Crippen molar-refractivity contribution in [2.24, 2.45) is 0 Å². The maximum atomic E-state index is 5.45.